The van der Waals surface area contributed by atoms with Gasteiger partial charge < -0.3 is 10.4 Å². The van der Waals surface area contributed by atoms with Gasteiger partial charge in [-0.3, -0.25) is 0 Å². The van der Waals surface area contributed by atoms with E-state index >= 15 is 0 Å². The number of nitrogens with zero attached hydrogens (tertiary/aromatic N) is 1. The molecule has 1 aromatic heterocycles. The van der Waals surface area contributed by atoms with Crippen LogP contribution in [-0.4, -0.2) is 23.2 Å². The number of aromatic nitrogens is 1. The topological polar surface area (TPSA) is 45.1 Å². The molecule has 0 fully saturated rings. The third-order valence-electron chi connectivity index (χ3n) is 3.22. The minimum Gasteiger partial charge on any atom is -0.396 e. The molecule has 0 saturated heterocycles. The fourth-order valence-corrected chi connectivity index (χ4v) is 1.96. The second-order valence-electron chi connectivity index (χ2n) is 4.05. The van der Waals surface area contributed by atoms with Crippen LogP contribution in [0.5, 0.6) is 0 Å². The van der Waals surface area contributed by atoms with Crippen LogP contribution in [0, 0.1) is 5.41 Å². The van der Waals surface area contributed by atoms with Crippen LogP contribution in [0.15, 0.2) is 22.8 Å². The van der Waals surface area contributed by atoms with Crippen molar-refractivity contribution in [1.82, 2.24) is 4.98 Å². The van der Waals surface area contributed by atoms with Crippen LogP contribution in [0.1, 0.15) is 26.7 Å². The highest BCUT2D eigenvalue weighted by Crippen LogP contribution is 2.27. The zero-order valence-electron chi connectivity index (χ0n) is 9.83. The summed E-state index contributed by atoms with van der Waals surface area (Å²) in [5, 5.41) is 12.7. The van der Waals surface area contributed by atoms with E-state index in [0.717, 1.165) is 29.7 Å². The Hall–Kier alpha value is -0.610. The molecule has 0 atom stereocenters. The van der Waals surface area contributed by atoms with Crippen LogP contribution in [-0.2, 0) is 0 Å². The average Bonchev–Trinajstić information content (AvgIpc) is 2.34. The molecule has 0 aliphatic heterocycles. The molecule has 0 saturated carbocycles. The molecule has 16 heavy (non-hydrogen) atoms. The molecule has 0 aromatic carbocycles. The Morgan fingerprint density at radius 3 is 2.62 bits per heavy atom. The predicted molar refractivity (Wildman–Crippen MR) is 70.5 cm³/mol. The Morgan fingerprint density at radius 1 is 1.44 bits per heavy atom. The molecule has 1 aromatic rings. The normalized spacial score (nSPS) is 11.5. The number of aliphatic hydroxyl groups is 1. The van der Waals surface area contributed by atoms with Gasteiger partial charge in [0.1, 0.15) is 5.82 Å². The van der Waals surface area contributed by atoms with E-state index in [1.807, 2.05) is 12.1 Å². The standard InChI is InChI=1S/C12H19BrN2O/c1-3-12(4-2,9-16)8-15-11-10(13)6-5-7-14-11/h5-7,16H,3-4,8-9H2,1-2H3,(H,14,15). The van der Waals surface area contributed by atoms with Gasteiger partial charge >= 0.3 is 0 Å². The third-order valence-corrected chi connectivity index (χ3v) is 3.86. The van der Waals surface area contributed by atoms with Crippen LogP contribution in [0.4, 0.5) is 5.82 Å². The zero-order chi connectivity index (χ0) is 12.0. The van der Waals surface area contributed by atoms with Gasteiger partial charge in [-0.1, -0.05) is 13.8 Å². The number of pyridine rings is 1. The molecule has 0 unspecified atom stereocenters. The minimum absolute atomic E-state index is 0.0447. The maximum atomic E-state index is 9.45. The van der Waals surface area contributed by atoms with Crippen LogP contribution >= 0.6 is 15.9 Å². The van der Waals surface area contributed by atoms with Crippen molar-refractivity contribution in [3.63, 3.8) is 0 Å². The second-order valence-corrected chi connectivity index (χ2v) is 4.91. The lowest BCUT2D eigenvalue weighted by atomic mass is 9.83. The van der Waals surface area contributed by atoms with Crippen molar-refractivity contribution in [2.24, 2.45) is 5.41 Å². The first-order valence-corrected chi connectivity index (χ1v) is 6.42. The fourth-order valence-electron chi connectivity index (χ4n) is 1.57. The first-order chi connectivity index (χ1) is 7.67. The number of nitrogens with one attached hydrogen (secondary N) is 1. The van der Waals surface area contributed by atoms with Gasteiger partial charge in [0.25, 0.3) is 0 Å². The summed E-state index contributed by atoms with van der Waals surface area (Å²) in [6, 6.07) is 3.84. The number of aliphatic hydroxyl groups excluding tert-OH is 1. The Kier molecular flexibility index (Phi) is 5.22. The first-order valence-electron chi connectivity index (χ1n) is 5.62. The van der Waals surface area contributed by atoms with Crippen LogP contribution in [0.2, 0.25) is 0 Å². The average molecular weight is 287 g/mol. The van der Waals surface area contributed by atoms with Crippen molar-refractivity contribution in [2.45, 2.75) is 26.7 Å². The van der Waals surface area contributed by atoms with Crippen LogP contribution < -0.4 is 5.32 Å². The molecular formula is C12H19BrN2O. The molecule has 90 valence electrons. The quantitative estimate of drug-likeness (QED) is 0.845. The number of rotatable bonds is 6. The van der Waals surface area contributed by atoms with E-state index < -0.39 is 0 Å². The maximum Gasteiger partial charge on any atom is 0.140 e. The summed E-state index contributed by atoms with van der Waals surface area (Å²) in [6.07, 6.45) is 3.67. The summed E-state index contributed by atoms with van der Waals surface area (Å²) in [5.74, 6) is 0.835. The van der Waals surface area contributed by atoms with E-state index in [1.165, 1.54) is 0 Å². The van der Waals surface area contributed by atoms with Crippen molar-refractivity contribution in [3.05, 3.63) is 22.8 Å². The summed E-state index contributed by atoms with van der Waals surface area (Å²) < 4.78 is 0.953. The van der Waals surface area contributed by atoms with E-state index in [-0.39, 0.29) is 12.0 Å². The smallest absolute Gasteiger partial charge is 0.140 e. The predicted octanol–water partition coefficient (Wildman–Crippen LogP) is 3.05. The lowest BCUT2D eigenvalue weighted by Gasteiger charge is -2.29. The molecule has 0 amide bonds. The zero-order valence-corrected chi connectivity index (χ0v) is 11.4. The van der Waals surface area contributed by atoms with Gasteiger partial charge in [-0.2, -0.15) is 0 Å². The molecule has 2 N–H and O–H groups in total. The van der Waals surface area contributed by atoms with E-state index in [2.05, 4.69) is 40.1 Å². The third kappa shape index (κ3) is 3.19. The summed E-state index contributed by atoms with van der Waals surface area (Å²) in [6.45, 7) is 5.16. The van der Waals surface area contributed by atoms with E-state index in [0.29, 0.717) is 0 Å². The highest BCUT2D eigenvalue weighted by Gasteiger charge is 2.25. The molecule has 3 nitrogen and oxygen atoms in total. The molecule has 0 bridgehead atoms. The van der Waals surface area contributed by atoms with Crippen molar-refractivity contribution >= 4 is 21.7 Å². The van der Waals surface area contributed by atoms with Gasteiger partial charge in [0, 0.05) is 18.2 Å². The van der Waals surface area contributed by atoms with Gasteiger partial charge in [0.2, 0.25) is 0 Å². The Labute approximate surface area is 105 Å². The highest BCUT2D eigenvalue weighted by atomic mass is 79.9. The number of halogens is 1. The molecule has 0 radical (unpaired) electrons. The van der Waals surface area contributed by atoms with Gasteiger partial charge in [0.05, 0.1) is 11.1 Å². The summed E-state index contributed by atoms with van der Waals surface area (Å²) in [5.41, 5.74) is -0.0447. The first kappa shape index (κ1) is 13.5. The molecule has 0 aliphatic carbocycles. The van der Waals surface area contributed by atoms with E-state index in [4.69, 9.17) is 0 Å². The number of hydrogen-bond donors (Lipinski definition) is 2. The number of hydrogen-bond acceptors (Lipinski definition) is 3. The second kappa shape index (κ2) is 6.21. The van der Waals surface area contributed by atoms with Crippen LogP contribution in [0.3, 0.4) is 0 Å². The lowest BCUT2D eigenvalue weighted by molar-refractivity contribution is 0.127. The maximum absolute atomic E-state index is 9.45. The molecule has 0 aliphatic rings. The molecular weight excluding hydrogens is 268 g/mol. The summed E-state index contributed by atoms with van der Waals surface area (Å²) in [4.78, 5) is 4.24. The van der Waals surface area contributed by atoms with E-state index in [9.17, 15) is 5.11 Å². The largest absolute Gasteiger partial charge is 0.396 e. The molecule has 4 heteroatoms. The van der Waals surface area contributed by atoms with E-state index in [1.54, 1.807) is 6.20 Å². The number of anilines is 1. The minimum atomic E-state index is -0.0447. The Balaban J connectivity index is 2.66. The molecule has 0 spiro atoms. The van der Waals surface area contributed by atoms with Crippen molar-refractivity contribution in [3.8, 4) is 0 Å². The highest BCUT2D eigenvalue weighted by molar-refractivity contribution is 9.10. The van der Waals surface area contributed by atoms with Gasteiger partial charge in [-0.15, -0.1) is 0 Å². The van der Waals surface area contributed by atoms with Crippen molar-refractivity contribution in [1.29, 1.82) is 0 Å². The summed E-state index contributed by atoms with van der Waals surface area (Å²) >= 11 is 3.44. The molecule has 1 heterocycles. The summed E-state index contributed by atoms with van der Waals surface area (Å²) in [7, 11) is 0. The fraction of sp³-hybridized carbons (Fsp3) is 0.583. The van der Waals surface area contributed by atoms with Gasteiger partial charge in [-0.05, 0) is 40.9 Å². The van der Waals surface area contributed by atoms with Crippen molar-refractivity contribution in [2.75, 3.05) is 18.5 Å². The Morgan fingerprint density at radius 2 is 2.12 bits per heavy atom. The van der Waals surface area contributed by atoms with Crippen molar-refractivity contribution < 1.29 is 5.11 Å². The van der Waals surface area contributed by atoms with Crippen LogP contribution in [0.25, 0.3) is 0 Å². The Bertz CT molecular complexity index is 318. The monoisotopic (exact) mass is 286 g/mol. The van der Waals surface area contributed by atoms with Gasteiger partial charge in [0.15, 0.2) is 0 Å². The SMILES string of the molecule is CCC(CC)(CO)CNc1ncccc1Br. The molecule has 1 rings (SSSR count). The lowest BCUT2D eigenvalue weighted by Crippen LogP contribution is -2.32. The van der Waals surface area contributed by atoms with Gasteiger partial charge in [-0.25, -0.2) is 4.98 Å².